The summed E-state index contributed by atoms with van der Waals surface area (Å²) in [4.78, 5) is 11.2. The Labute approximate surface area is 222 Å². The van der Waals surface area contributed by atoms with Crippen LogP contribution in [0.15, 0.2) is 64.0 Å². The molecule has 1 unspecified atom stereocenters. The lowest BCUT2D eigenvalue weighted by Gasteiger charge is -2.42. The summed E-state index contributed by atoms with van der Waals surface area (Å²) >= 11 is 3.20. The molecule has 1 aromatic carbocycles. The van der Waals surface area contributed by atoms with Gasteiger partial charge < -0.3 is 5.73 Å². The second-order valence-corrected chi connectivity index (χ2v) is 13.0. The predicted molar refractivity (Wildman–Crippen MR) is 153 cm³/mol. The molecule has 198 valence electrons. The molecule has 0 spiro atoms. The van der Waals surface area contributed by atoms with Crippen molar-refractivity contribution in [2.24, 2.45) is 16.6 Å². The van der Waals surface area contributed by atoms with Crippen molar-refractivity contribution in [3.63, 3.8) is 0 Å². The summed E-state index contributed by atoms with van der Waals surface area (Å²) in [5, 5.41) is 0. The van der Waals surface area contributed by atoms with Crippen molar-refractivity contribution in [3.8, 4) is 0 Å². The van der Waals surface area contributed by atoms with E-state index >= 15 is 0 Å². The molecule has 1 amide bonds. The molecule has 0 heterocycles. The Balaban J connectivity index is 0.000000807. The van der Waals surface area contributed by atoms with Crippen LogP contribution in [0, 0.1) is 10.8 Å². The number of sulfonamides is 1. The number of carbonyl (C=O) groups excluding carboxylic acids is 1. The average molecular weight is 570 g/mol. The van der Waals surface area contributed by atoms with Crippen LogP contribution in [-0.4, -0.2) is 32.2 Å². The largest absolute Gasteiger partial charge is 0.366 e. The highest BCUT2D eigenvalue weighted by molar-refractivity contribution is 9.10. The summed E-state index contributed by atoms with van der Waals surface area (Å²) in [5.41, 5.74) is 7.24. The maximum absolute atomic E-state index is 12.7. The molecule has 0 saturated heterocycles. The van der Waals surface area contributed by atoms with Crippen LogP contribution in [0.25, 0.3) is 0 Å². The molecule has 0 aliphatic heterocycles. The number of nitrogens with zero attached hydrogens (tertiary/aromatic N) is 1. The van der Waals surface area contributed by atoms with Crippen LogP contribution in [0.3, 0.4) is 0 Å². The molecule has 0 bridgehead atoms. The van der Waals surface area contributed by atoms with E-state index in [1.165, 1.54) is 61.7 Å². The monoisotopic (exact) mass is 568 g/mol. The third kappa shape index (κ3) is 10.4. The Kier molecular flexibility index (Phi) is 13.5. The number of primary amides is 1. The first-order valence-corrected chi connectivity index (χ1v) is 13.9. The summed E-state index contributed by atoms with van der Waals surface area (Å²) in [6, 6.07) is 4.21. The van der Waals surface area contributed by atoms with Crippen molar-refractivity contribution >= 4 is 31.9 Å². The lowest BCUT2D eigenvalue weighted by Crippen LogP contribution is -2.30. The van der Waals surface area contributed by atoms with E-state index in [1.54, 1.807) is 12.2 Å². The van der Waals surface area contributed by atoms with Gasteiger partial charge in [0.1, 0.15) is 0 Å². The van der Waals surface area contributed by atoms with E-state index in [0.29, 0.717) is 20.9 Å². The number of hydrogen-bond acceptors (Lipinski definition) is 3. The maximum Gasteiger partial charge on any atom is 0.248 e. The molecular formula is C28H45BrN2O3S. The van der Waals surface area contributed by atoms with E-state index in [-0.39, 0.29) is 24.4 Å². The van der Waals surface area contributed by atoms with Crippen LogP contribution in [0.1, 0.15) is 84.5 Å². The van der Waals surface area contributed by atoms with E-state index in [4.69, 9.17) is 5.73 Å². The average Bonchev–Trinajstić information content (AvgIpc) is 2.73. The number of nitrogens with two attached hydrogens (primary N) is 1. The molecule has 1 aromatic rings. The van der Waals surface area contributed by atoms with E-state index in [0.717, 1.165) is 0 Å². The molecule has 1 aliphatic rings. The Morgan fingerprint density at radius 1 is 1.23 bits per heavy atom. The van der Waals surface area contributed by atoms with Crippen molar-refractivity contribution in [3.05, 3.63) is 64.7 Å². The van der Waals surface area contributed by atoms with Gasteiger partial charge in [-0.2, -0.15) is 4.31 Å². The van der Waals surface area contributed by atoms with Crippen LogP contribution in [0.2, 0.25) is 0 Å². The Morgan fingerprint density at radius 2 is 1.86 bits per heavy atom. The standard InChI is InChI=1S/C16H19BrN2O3S.C11H22.CH4/c1-4-5-6-7-12(2)11-19(3)23(21,22)15-10-13(16(18)20)8-9-14(15)17;1-5-11(4)8-6-7-10(2,3)9-11;/h4-10H,2,11H2,1,3H3,(H2,18,20);5-9H2,1-4H3;1H4/b5-4-,7-6-;;. The van der Waals surface area contributed by atoms with E-state index < -0.39 is 15.9 Å². The van der Waals surface area contributed by atoms with Crippen LogP contribution in [0.4, 0.5) is 0 Å². The van der Waals surface area contributed by atoms with Gasteiger partial charge in [0.25, 0.3) is 0 Å². The van der Waals surface area contributed by atoms with Crippen molar-refractivity contribution in [2.75, 3.05) is 13.6 Å². The third-order valence-electron chi connectivity index (χ3n) is 6.36. The predicted octanol–water partition coefficient (Wildman–Crippen LogP) is 7.50. The van der Waals surface area contributed by atoms with Crippen molar-refractivity contribution in [1.29, 1.82) is 0 Å². The zero-order valence-corrected chi connectivity index (χ0v) is 23.9. The lowest BCUT2D eigenvalue weighted by atomic mass is 9.63. The van der Waals surface area contributed by atoms with Crippen LogP contribution in [-0.2, 0) is 10.0 Å². The summed E-state index contributed by atoms with van der Waals surface area (Å²) < 4.78 is 26.8. The Hall–Kier alpha value is -1.70. The number of benzene rings is 1. The van der Waals surface area contributed by atoms with Crippen LogP contribution < -0.4 is 5.73 Å². The molecule has 0 aromatic heterocycles. The first-order valence-electron chi connectivity index (χ1n) is 11.7. The quantitative estimate of drug-likeness (QED) is 0.329. The smallest absolute Gasteiger partial charge is 0.248 e. The fourth-order valence-electron chi connectivity index (χ4n) is 4.38. The minimum Gasteiger partial charge on any atom is -0.366 e. The van der Waals surface area contributed by atoms with Gasteiger partial charge in [-0.25, -0.2) is 8.42 Å². The van der Waals surface area contributed by atoms with Crippen molar-refractivity contribution in [2.45, 2.75) is 79.0 Å². The molecule has 2 N–H and O–H groups in total. The number of carbonyl (C=O) groups is 1. The van der Waals surface area contributed by atoms with Gasteiger partial charge >= 0.3 is 0 Å². The molecule has 1 saturated carbocycles. The zero-order chi connectivity index (χ0) is 26.2. The minimum atomic E-state index is -3.79. The molecule has 5 nitrogen and oxygen atoms in total. The first kappa shape index (κ1) is 33.3. The fraction of sp³-hybridized carbons (Fsp3) is 0.536. The molecular weight excluding hydrogens is 524 g/mol. The van der Waals surface area contributed by atoms with Gasteiger partial charge in [0.15, 0.2) is 0 Å². The number of likely N-dealkylation sites (N-methyl/N-ethyl adjacent to an activating group) is 1. The Bertz CT molecular complexity index is 1030. The molecule has 1 aliphatic carbocycles. The maximum atomic E-state index is 12.7. The van der Waals surface area contributed by atoms with Crippen LogP contribution >= 0.6 is 15.9 Å². The summed E-state index contributed by atoms with van der Waals surface area (Å²) in [6.07, 6.45) is 14.3. The number of amides is 1. The van der Waals surface area contributed by atoms with Gasteiger partial charge in [-0.1, -0.05) is 78.8 Å². The number of hydrogen-bond donors (Lipinski definition) is 1. The lowest BCUT2D eigenvalue weighted by molar-refractivity contribution is 0.0957. The normalized spacial score (nSPS) is 19.8. The zero-order valence-electron chi connectivity index (χ0n) is 21.5. The van der Waals surface area contributed by atoms with Crippen molar-refractivity contribution in [1.82, 2.24) is 4.31 Å². The van der Waals surface area contributed by atoms with Gasteiger partial charge in [-0.15, -0.1) is 0 Å². The third-order valence-corrected chi connectivity index (χ3v) is 9.16. The second kappa shape index (κ2) is 14.1. The van der Waals surface area contributed by atoms with Gasteiger partial charge in [0.2, 0.25) is 15.9 Å². The highest BCUT2D eigenvalue weighted by atomic mass is 79.9. The summed E-state index contributed by atoms with van der Waals surface area (Å²) in [7, 11) is -2.33. The number of halogens is 1. The molecule has 1 fully saturated rings. The number of allylic oxidation sites excluding steroid dienone is 3. The molecule has 0 radical (unpaired) electrons. The van der Waals surface area contributed by atoms with E-state index in [2.05, 4.69) is 50.2 Å². The topological polar surface area (TPSA) is 80.5 Å². The summed E-state index contributed by atoms with van der Waals surface area (Å²) in [5.74, 6) is -0.685. The molecule has 35 heavy (non-hydrogen) atoms. The van der Waals surface area contributed by atoms with E-state index in [1.807, 2.05) is 19.1 Å². The van der Waals surface area contributed by atoms with Gasteiger partial charge in [0.05, 0.1) is 4.90 Å². The Morgan fingerprint density at radius 3 is 2.34 bits per heavy atom. The second-order valence-electron chi connectivity index (χ2n) is 10.2. The van der Waals surface area contributed by atoms with Crippen molar-refractivity contribution < 1.29 is 13.2 Å². The van der Waals surface area contributed by atoms with Crippen LogP contribution in [0.5, 0.6) is 0 Å². The van der Waals surface area contributed by atoms with Gasteiger partial charge in [-0.05, 0) is 76.7 Å². The highest BCUT2D eigenvalue weighted by Gasteiger charge is 2.34. The van der Waals surface area contributed by atoms with Gasteiger partial charge in [-0.3, -0.25) is 4.79 Å². The highest BCUT2D eigenvalue weighted by Crippen LogP contribution is 2.47. The first-order chi connectivity index (χ1) is 15.7. The molecule has 1 atom stereocenters. The number of rotatable bonds is 8. The molecule has 7 heteroatoms. The van der Waals surface area contributed by atoms with Gasteiger partial charge in [0, 0.05) is 23.6 Å². The fourth-order valence-corrected chi connectivity index (χ4v) is 6.50. The molecule has 2 rings (SSSR count). The minimum absolute atomic E-state index is 0. The SMILES string of the molecule is C.C=C(/C=C\C=C/C)CN(C)S(=O)(=O)c1cc(C(N)=O)ccc1Br.CCC1(C)CCCC(C)(C)C1. The summed E-state index contributed by atoms with van der Waals surface area (Å²) in [6.45, 7) is 15.5. The van der Waals surface area contributed by atoms with E-state index in [9.17, 15) is 13.2 Å².